The van der Waals surface area contributed by atoms with E-state index in [4.69, 9.17) is 0 Å². The number of hydrogen-bond donors (Lipinski definition) is 2. The Labute approximate surface area is 170 Å². The first kappa shape index (κ1) is 22.0. The van der Waals surface area contributed by atoms with Crippen LogP contribution in [0.4, 0.5) is 4.39 Å². The van der Waals surface area contributed by atoms with Crippen LogP contribution < -0.4 is 5.32 Å². The Morgan fingerprint density at radius 2 is 1.93 bits per heavy atom. The molecule has 148 valence electrons. The third-order valence-corrected chi connectivity index (χ3v) is 5.39. The van der Waals surface area contributed by atoms with Crippen LogP contribution in [0.5, 0.6) is 0 Å². The maximum atomic E-state index is 13.7. The van der Waals surface area contributed by atoms with E-state index >= 15 is 0 Å². The van der Waals surface area contributed by atoms with Gasteiger partial charge in [-0.1, -0.05) is 46.3 Å². The number of halogens is 2. The first-order valence-electron chi connectivity index (χ1n) is 9.26. The molecule has 0 fully saturated rings. The number of likely N-dealkylation sites (N-methyl/N-ethyl adjacent to an activating group) is 1. The molecule has 0 radical (unpaired) electrons. The van der Waals surface area contributed by atoms with Crippen molar-refractivity contribution in [1.82, 2.24) is 10.2 Å². The summed E-state index contributed by atoms with van der Waals surface area (Å²) in [6.45, 7) is 7.74. The summed E-state index contributed by atoms with van der Waals surface area (Å²) in [7, 11) is 2.00. The minimum Gasteiger partial charge on any atom is -0.390 e. The van der Waals surface area contributed by atoms with Crippen molar-refractivity contribution in [2.24, 2.45) is 0 Å². The molecule has 0 amide bonds. The van der Waals surface area contributed by atoms with Gasteiger partial charge in [-0.3, -0.25) is 4.90 Å². The van der Waals surface area contributed by atoms with Crippen LogP contribution in [0, 0.1) is 12.7 Å². The molecule has 0 bridgehead atoms. The number of β-amino-alcohol motifs (C(OH)–C–C–N with tert-alkyl or cyclic N) is 1. The average Bonchev–Trinajstić information content (AvgIpc) is 2.58. The molecule has 2 aromatic rings. The quantitative estimate of drug-likeness (QED) is 0.614. The van der Waals surface area contributed by atoms with E-state index in [0.29, 0.717) is 25.1 Å². The highest BCUT2D eigenvalue weighted by atomic mass is 79.9. The van der Waals surface area contributed by atoms with Crippen molar-refractivity contribution in [2.45, 2.75) is 45.4 Å². The van der Waals surface area contributed by atoms with Crippen LogP contribution >= 0.6 is 15.9 Å². The summed E-state index contributed by atoms with van der Waals surface area (Å²) in [6.07, 6.45) is 0.218. The fourth-order valence-corrected chi connectivity index (χ4v) is 3.53. The van der Waals surface area contributed by atoms with Crippen molar-refractivity contribution in [3.63, 3.8) is 0 Å². The molecule has 5 heteroatoms. The number of aliphatic hydroxyl groups excluding tert-OH is 1. The van der Waals surface area contributed by atoms with Gasteiger partial charge in [0.05, 0.1) is 6.10 Å². The molecule has 0 aromatic heterocycles. The smallest absolute Gasteiger partial charge is 0.126 e. The third-order valence-electron chi connectivity index (χ3n) is 4.62. The molecule has 0 aliphatic carbocycles. The predicted octanol–water partition coefficient (Wildman–Crippen LogP) is 4.30. The second-order valence-electron chi connectivity index (χ2n) is 7.97. The van der Waals surface area contributed by atoms with Crippen LogP contribution in [-0.2, 0) is 13.0 Å². The SMILES string of the molecule is Cc1ccc(CC(C)(C)NC[C@@H](O)CN(C)Cc2ccccc2Br)cc1F. The highest BCUT2D eigenvalue weighted by Gasteiger charge is 2.20. The van der Waals surface area contributed by atoms with Gasteiger partial charge in [-0.05, 0) is 63.1 Å². The zero-order valence-electron chi connectivity index (χ0n) is 16.6. The lowest BCUT2D eigenvalue weighted by molar-refractivity contribution is 0.113. The fourth-order valence-electron chi connectivity index (χ4n) is 3.12. The van der Waals surface area contributed by atoms with Crippen molar-refractivity contribution in [1.29, 1.82) is 0 Å². The molecule has 2 rings (SSSR count). The maximum Gasteiger partial charge on any atom is 0.126 e. The summed E-state index contributed by atoms with van der Waals surface area (Å²) in [5.41, 5.74) is 2.58. The second kappa shape index (κ2) is 9.78. The highest BCUT2D eigenvalue weighted by molar-refractivity contribution is 9.10. The average molecular weight is 437 g/mol. The number of nitrogens with zero attached hydrogens (tertiary/aromatic N) is 1. The summed E-state index contributed by atoms with van der Waals surface area (Å²) >= 11 is 3.56. The monoisotopic (exact) mass is 436 g/mol. The van der Waals surface area contributed by atoms with Gasteiger partial charge in [-0.25, -0.2) is 4.39 Å². The minimum absolute atomic E-state index is 0.169. The lowest BCUT2D eigenvalue weighted by atomic mass is 9.94. The van der Waals surface area contributed by atoms with Crippen molar-refractivity contribution < 1.29 is 9.50 Å². The van der Waals surface area contributed by atoms with E-state index in [2.05, 4.69) is 46.1 Å². The van der Waals surface area contributed by atoms with Crippen molar-refractivity contribution >= 4 is 15.9 Å². The van der Waals surface area contributed by atoms with Crippen molar-refractivity contribution in [2.75, 3.05) is 20.1 Å². The largest absolute Gasteiger partial charge is 0.390 e. The van der Waals surface area contributed by atoms with Gasteiger partial charge in [-0.2, -0.15) is 0 Å². The zero-order valence-corrected chi connectivity index (χ0v) is 18.2. The van der Waals surface area contributed by atoms with Gasteiger partial charge >= 0.3 is 0 Å². The number of nitrogens with one attached hydrogen (secondary N) is 1. The molecular formula is C22H30BrFN2O. The number of aliphatic hydroxyl groups is 1. The number of aryl methyl sites for hydroxylation is 1. The van der Waals surface area contributed by atoms with Crippen molar-refractivity contribution in [3.05, 3.63) is 69.4 Å². The molecule has 0 spiro atoms. The molecule has 0 heterocycles. The van der Waals surface area contributed by atoms with Crippen LogP contribution in [0.1, 0.15) is 30.5 Å². The van der Waals surface area contributed by atoms with Crippen molar-refractivity contribution in [3.8, 4) is 0 Å². The summed E-state index contributed by atoms with van der Waals surface area (Å²) in [5, 5.41) is 13.8. The summed E-state index contributed by atoms with van der Waals surface area (Å²) in [6, 6.07) is 13.5. The van der Waals surface area contributed by atoms with Gasteiger partial charge in [0, 0.05) is 29.6 Å². The van der Waals surface area contributed by atoms with E-state index in [0.717, 1.165) is 16.6 Å². The number of hydrogen-bond acceptors (Lipinski definition) is 3. The molecule has 0 aliphatic heterocycles. The van der Waals surface area contributed by atoms with Gasteiger partial charge in [0.1, 0.15) is 5.82 Å². The zero-order chi connectivity index (χ0) is 20.0. The molecular weight excluding hydrogens is 407 g/mol. The normalized spacial score (nSPS) is 13.2. The molecule has 3 nitrogen and oxygen atoms in total. The van der Waals surface area contributed by atoms with E-state index in [1.54, 1.807) is 13.0 Å². The number of benzene rings is 2. The minimum atomic E-state index is -0.480. The van der Waals surface area contributed by atoms with Crippen LogP contribution in [0.15, 0.2) is 46.9 Å². The number of rotatable bonds is 9. The van der Waals surface area contributed by atoms with E-state index in [9.17, 15) is 9.50 Å². The Hall–Kier alpha value is -1.27. The Morgan fingerprint density at radius 3 is 2.59 bits per heavy atom. The van der Waals surface area contributed by atoms with Gasteiger partial charge in [-0.15, -0.1) is 0 Å². The maximum absolute atomic E-state index is 13.7. The lowest BCUT2D eigenvalue weighted by Gasteiger charge is -2.29. The van der Waals surface area contributed by atoms with E-state index in [-0.39, 0.29) is 11.4 Å². The van der Waals surface area contributed by atoms with Crippen LogP contribution in [0.25, 0.3) is 0 Å². The molecule has 27 heavy (non-hydrogen) atoms. The van der Waals surface area contributed by atoms with Gasteiger partial charge in [0.25, 0.3) is 0 Å². The van der Waals surface area contributed by atoms with E-state index < -0.39 is 6.10 Å². The van der Waals surface area contributed by atoms with Gasteiger partial charge in [0.2, 0.25) is 0 Å². The van der Waals surface area contributed by atoms with Crippen LogP contribution in [0.2, 0.25) is 0 Å². The highest BCUT2D eigenvalue weighted by Crippen LogP contribution is 2.18. The lowest BCUT2D eigenvalue weighted by Crippen LogP contribution is -2.47. The molecule has 0 aliphatic rings. The van der Waals surface area contributed by atoms with Crippen LogP contribution in [-0.4, -0.2) is 41.8 Å². The van der Waals surface area contributed by atoms with E-state index in [1.165, 1.54) is 5.56 Å². The summed E-state index contributed by atoms with van der Waals surface area (Å²) in [5.74, 6) is -0.169. The summed E-state index contributed by atoms with van der Waals surface area (Å²) in [4.78, 5) is 2.11. The van der Waals surface area contributed by atoms with Crippen LogP contribution in [0.3, 0.4) is 0 Å². The second-order valence-corrected chi connectivity index (χ2v) is 8.82. The standard InChI is InChI=1S/C22H30BrFN2O/c1-16-9-10-17(11-21(16)24)12-22(2,3)25-13-19(27)15-26(4)14-18-7-5-6-8-20(18)23/h5-11,19,25,27H,12-15H2,1-4H3/t19-/m1/s1. The van der Waals surface area contributed by atoms with Gasteiger partial charge in [0.15, 0.2) is 0 Å². The molecule has 0 saturated carbocycles. The predicted molar refractivity (Wildman–Crippen MR) is 113 cm³/mol. The van der Waals surface area contributed by atoms with E-state index in [1.807, 2.05) is 37.4 Å². The molecule has 2 aromatic carbocycles. The fraction of sp³-hybridized carbons (Fsp3) is 0.455. The third kappa shape index (κ3) is 7.34. The Balaban J connectivity index is 1.81. The summed E-state index contributed by atoms with van der Waals surface area (Å²) < 4.78 is 14.8. The molecule has 1 atom stereocenters. The Kier molecular flexibility index (Phi) is 7.98. The van der Waals surface area contributed by atoms with Gasteiger partial charge < -0.3 is 10.4 Å². The Bertz CT molecular complexity index is 751. The first-order valence-corrected chi connectivity index (χ1v) is 10.1. The first-order chi connectivity index (χ1) is 12.7. The Morgan fingerprint density at radius 1 is 1.22 bits per heavy atom. The molecule has 0 unspecified atom stereocenters. The topological polar surface area (TPSA) is 35.5 Å². The molecule has 0 saturated heterocycles. The molecule has 2 N–H and O–H groups in total.